The van der Waals surface area contributed by atoms with E-state index in [1.165, 1.54) is 4.90 Å². The summed E-state index contributed by atoms with van der Waals surface area (Å²) < 4.78 is 0. The van der Waals surface area contributed by atoms with Crippen molar-refractivity contribution in [1.29, 1.82) is 0 Å². The second-order valence-electron chi connectivity index (χ2n) is 6.98. The summed E-state index contributed by atoms with van der Waals surface area (Å²) in [5.41, 5.74) is 16.4. The summed E-state index contributed by atoms with van der Waals surface area (Å²) in [7, 11) is 0. The van der Waals surface area contributed by atoms with Gasteiger partial charge in [0, 0.05) is 26.1 Å². The highest BCUT2D eigenvalue weighted by molar-refractivity contribution is 5.92. The quantitative estimate of drug-likeness (QED) is 0.179. The highest BCUT2D eigenvalue weighted by atomic mass is 16.4. The Kier molecular flexibility index (Phi) is 6.97. The number of aliphatic imine (C=N–C) groups is 1. The highest BCUT2D eigenvalue weighted by Crippen LogP contribution is 2.26. The van der Waals surface area contributed by atoms with Crippen LogP contribution in [0.3, 0.4) is 0 Å². The SMILES string of the molecule is NC(N)=NCCC[C@@H](N)C(=O)N1CCC[C@H]1C(=O)N1C[C@H](O)C[C@H]1C(=O)O. The molecule has 152 valence electrons. The summed E-state index contributed by atoms with van der Waals surface area (Å²) in [4.78, 5) is 43.3. The van der Waals surface area contributed by atoms with Crippen LogP contribution in [0.2, 0.25) is 0 Å². The molecule has 11 nitrogen and oxygen atoms in total. The molecule has 0 aromatic heterocycles. The maximum absolute atomic E-state index is 12.9. The van der Waals surface area contributed by atoms with Gasteiger partial charge in [0.05, 0.1) is 12.1 Å². The average Bonchev–Trinajstić information content (AvgIpc) is 3.23. The van der Waals surface area contributed by atoms with Crippen LogP contribution in [0.15, 0.2) is 4.99 Å². The molecule has 11 heteroatoms. The predicted octanol–water partition coefficient (Wildman–Crippen LogP) is -2.60. The third kappa shape index (κ3) is 5.07. The summed E-state index contributed by atoms with van der Waals surface area (Å²) in [5.74, 6) is -1.98. The van der Waals surface area contributed by atoms with Crippen molar-refractivity contribution in [3.63, 3.8) is 0 Å². The summed E-state index contributed by atoms with van der Waals surface area (Å²) >= 11 is 0. The number of β-amino-alcohol motifs (C(OH)–C–C–N with tert-alkyl or cyclic N) is 1. The molecule has 8 N–H and O–H groups in total. The first-order chi connectivity index (χ1) is 12.7. The number of hydrogen-bond acceptors (Lipinski definition) is 6. The summed E-state index contributed by atoms with van der Waals surface area (Å²) in [6, 6.07) is -2.60. The Morgan fingerprint density at radius 2 is 1.89 bits per heavy atom. The van der Waals surface area contributed by atoms with Crippen molar-refractivity contribution in [1.82, 2.24) is 9.80 Å². The fraction of sp³-hybridized carbons (Fsp3) is 0.750. The van der Waals surface area contributed by atoms with Gasteiger partial charge < -0.3 is 37.2 Å². The number of carboxylic acids is 1. The number of rotatable bonds is 7. The number of likely N-dealkylation sites (tertiary alicyclic amines) is 2. The minimum Gasteiger partial charge on any atom is -0.480 e. The summed E-state index contributed by atoms with van der Waals surface area (Å²) in [5, 5.41) is 19.0. The molecule has 27 heavy (non-hydrogen) atoms. The molecule has 4 atom stereocenters. The molecule has 0 unspecified atom stereocenters. The van der Waals surface area contributed by atoms with E-state index in [2.05, 4.69) is 4.99 Å². The van der Waals surface area contributed by atoms with Crippen LogP contribution in [0.1, 0.15) is 32.1 Å². The zero-order valence-corrected chi connectivity index (χ0v) is 15.2. The molecular weight excluding hydrogens is 356 g/mol. The number of amides is 2. The molecule has 2 heterocycles. The number of nitrogens with zero attached hydrogens (tertiary/aromatic N) is 3. The van der Waals surface area contributed by atoms with Gasteiger partial charge in [0.2, 0.25) is 11.8 Å². The minimum atomic E-state index is -1.16. The molecule has 0 saturated carbocycles. The van der Waals surface area contributed by atoms with Gasteiger partial charge in [0.15, 0.2) is 5.96 Å². The molecule has 0 aliphatic carbocycles. The predicted molar refractivity (Wildman–Crippen MR) is 96.4 cm³/mol. The van der Waals surface area contributed by atoms with E-state index >= 15 is 0 Å². The monoisotopic (exact) mass is 384 g/mol. The Morgan fingerprint density at radius 1 is 1.19 bits per heavy atom. The number of nitrogens with two attached hydrogens (primary N) is 3. The largest absolute Gasteiger partial charge is 0.480 e. The first kappa shape index (κ1) is 20.9. The maximum atomic E-state index is 12.9. The lowest BCUT2D eigenvalue weighted by molar-refractivity contribution is -0.152. The lowest BCUT2D eigenvalue weighted by Gasteiger charge is -2.31. The Labute approximate surface area is 157 Å². The van der Waals surface area contributed by atoms with E-state index in [1.807, 2.05) is 0 Å². The lowest BCUT2D eigenvalue weighted by atomic mass is 10.1. The molecule has 0 spiro atoms. The highest BCUT2D eigenvalue weighted by Gasteiger charge is 2.45. The molecule has 0 aromatic rings. The average molecular weight is 384 g/mol. The van der Waals surface area contributed by atoms with Crippen molar-refractivity contribution in [2.24, 2.45) is 22.2 Å². The van der Waals surface area contributed by atoms with Crippen LogP contribution in [-0.2, 0) is 14.4 Å². The fourth-order valence-electron chi connectivity index (χ4n) is 3.63. The molecule has 0 radical (unpaired) electrons. The van der Waals surface area contributed by atoms with Gasteiger partial charge in [-0.1, -0.05) is 0 Å². The first-order valence-electron chi connectivity index (χ1n) is 9.05. The van der Waals surface area contributed by atoms with Crippen LogP contribution < -0.4 is 17.2 Å². The van der Waals surface area contributed by atoms with E-state index in [4.69, 9.17) is 17.2 Å². The van der Waals surface area contributed by atoms with Crippen LogP contribution in [-0.4, -0.2) is 87.6 Å². The van der Waals surface area contributed by atoms with Crippen molar-refractivity contribution < 1.29 is 24.6 Å². The van der Waals surface area contributed by atoms with Crippen molar-refractivity contribution >= 4 is 23.7 Å². The number of guanidine groups is 1. The lowest BCUT2D eigenvalue weighted by Crippen LogP contribution is -2.54. The fourth-order valence-corrected chi connectivity index (χ4v) is 3.63. The zero-order valence-electron chi connectivity index (χ0n) is 15.2. The van der Waals surface area contributed by atoms with E-state index in [-0.39, 0.29) is 24.8 Å². The number of aliphatic hydroxyl groups is 1. The second kappa shape index (κ2) is 9.00. The van der Waals surface area contributed by atoms with Crippen LogP contribution in [0.5, 0.6) is 0 Å². The molecule has 2 amide bonds. The van der Waals surface area contributed by atoms with E-state index in [0.29, 0.717) is 38.8 Å². The molecule has 0 aromatic carbocycles. The van der Waals surface area contributed by atoms with E-state index in [0.717, 1.165) is 4.90 Å². The van der Waals surface area contributed by atoms with Gasteiger partial charge in [-0.2, -0.15) is 0 Å². The number of carbonyl (C=O) groups is 3. The topological polar surface area (TPSA) is 189 Å². The molecule has 2 saturated heterocycles. The number of carboxylic acid groups (broad SMARTS) is 1. The van der Waals surface area contributed by atoms with Gasteiger partial charge in [-0.25, -0.2) is 4.79 Å². The number of aliphatic hydroxyl groups excluding tert-OH is 1. The third-order valence-electron chi connectivity index (χ3n) is 4.95. The van der Waals surface area contributed by atoms with Crippen molar-refractivity contribution in [3.8, 4) is 0 Å². The third-order valence-corrected chi connectivity index (χ3v) is 4.95. The molecule has 2 aliphatic rings. The van der Waals surface area contributed by atoms with Gasteiger partial charge in [0.1, 0.15) is 12.1 Å². The Balaban J connectivity index is 1.99. The van der Waals surface area contributed by atoms with Crippen LogP contribution in [0.4, 0.5) is 0 Å². The normalized spacial score (nSPS) is 26.1. The first-order valence-corrected chi connectivity index (χ1v) is 9.05. The zero-order chi connectivity index (χ0) is 20.1. The number of hydrogen-bond donors (Lipinski definition) is 5. The van der Waals surface area contributed by atoms with Crippen LogP contribution in [0.25, 0.3) is 0 Å². The standard InChI is InChI=1S/C16H28N6O5/c17-10(3-1-5-20-16(18)19)13(24)21-6-2-4-11(21)14(25)22-8-9(23)7-12(22)15(26)27/h9-12,23H,1-8,17H2,(H,26,27)(H4,18,19,20)/t9-,10-,11+,12+/m1/s1. The van der Waals surface area contributed by atoms with Crippen LogP contribution in [0, 0.1) is 0 Å². The Bertz CT molecular complexity index is 608. The number of carbonyl (C=O) groups excluding carboxylic acids is 2. The smallest absolute Gasteiger partial charge is 0.326 e. The molecule has 2 rings (SSSR count). The van der Waals surface area contributed by atoms with Crippen molar-refractivity contribution in [2.45, 2.75) is 56.3 Å². The van der Waals surface area contributed by atoms with Gasteiger partial charge >= 0.3 is 5.97 Å². The van der Waals surface area contributed by atoms with Crippen molar-refractivity contribution in [2.75, 3.05) is 19.6 Å². The van der Waals surface area contributed by atoms with Gasteiger partial charge in [-0.15, -0.1) is 0 Å². The van der Waals surface area contributed by atoms with E-state index < -0.39 is 36.1 Å². The van der Waals surface area contributed by atoms with Crippen molar-refractivity contribution in [3.05, 3.63) is 0 Å². The van der Waals surface area contributed by atoms with Crippen LogP contribution >= 0.6 is 0 Å². The molecule has 0 bridgehead atoms. The second-order valence-corrected chi connectivity index (χ2v) is 6.98. The van der Waals surface area contributed by atoms with Gasteiger partial charge in [-0.3, -0.25) is 14.6 Å². The maximum Gasteiger partial charge on any atom is 0.326 e. The minimum absolute atomic E-state index is 0.00789. The van der Waals surface area contributed by atoms with Gasteiger partial charge in [0.25, 0.3) is 0 Å². The van der Waals surface area contributed by atoms with E-state index in [1.54, 1.807) is 0 Å². The van der Waals surface area contributed by atoms with Gasteiger partial charge in [-0.05, 0) is 25.7 Å². The Morgan fingerprint density at radius 3 is 2.52 bits per heavy atom. The summed E-state index contributed by atoms with van der Waals surface area (Å²) in [6.45, 7) is 0.710. The summed E-state index contributed by atoms with van der Waals surface area (Å²) in [6.07, 6.45) is 1.09. The molecule has 2 aliphatic heterocycles. The molecular formula is C16H28N6O5. The van der Waals surface area contributed by atoms with E-state index in [9.17, 15) is 24.6 Å². The molecule has 2 fully saturated rings. The number of aliphatic carboxylic acids is 1. The Hall–Kier alpha value is -2.40.